The number of hydrogen-bond donors (Lipinski definition) is 2. The predicted molar refractivity (Wildman–Crippen MR) is 87.6 cm³/mol. The van der Waals surface area contributed by atoms with Crippen molar-refractivity contribution in [2.45, 2.75) is 39.0 Å². The maximum atomic E-state index is 10.7. The van der Waals surface area contributed by atoms with E-state index in [2.05, 4.69) is 26.8 Å². The zero-order chi connectivity index (χ0) is 15.5. The van der Waals surface area contributed by atoms with Crippen LogP contribution in [0, 0.1) is 0 Å². The van der Waals surface area contributed by atoms with Crippen LogP contribution in [0.3, 0.4) is 0 Å². The van der Waals surface area contributed by atoms with Gasteiger partial charge < -0.3 is 10.2 Å². The third-order valence-electron chi connectivity index (χ3n) is 3.69. The number of aromatic hydroxyl groups is 1. The largest absolute Gasteiger partial charge is 0.507 e. The second-order valence-electron chi connectivity index (χ2n) is 6.48. The second-order valence-corrected chi connectivity index (χ2v) is 6.48. The van der Waals surface area contributed by atoms with Gasteiger partial charge >= 0.3 is 0 Å². The first-order valence-electron chi connectivity index (χ1n) is 7.46. The van der Waals surface area contributed by atoms with E-state index in [4.69, 9.17) is 5.11 Å². The molecular weight excluding hydrogens is 260 g/mol. The molecule has 2 nitrogen and oxygen atoms in total. The topological polar surface area (TPSA) is 40.5 Å². The fourth-order valence-corrected chi connectivity index (χ4v) is 2.53. The SMILES string of the molecule is CC(C)(C)c1cc(CCCO)cc(-c2ccccc2)c1O. The Morgan fingerprint density at radius 3 is 2.24 bits per heavy atom. The summed E-state index contributed by atoms with van der Waals surface area (Å²) < 4.78 is 0. The first-order valence-corrected chi connectivity index (χ1v) is 7.46. The van der Waals surface area contributed by atoms with E-state index in [1.165, 1.54) is 0 Å². The Labute approximate surface area is 127 Å². The van der Waals surface area contributed by atoms with Crippen molar-refractivity contribution in [3.8, 4) is 16.9 Å². The van der Waals surface area contributed by atoms with Gasteiger partial charge in [0.25, 0.3) is 0 Å². The van der Waals surface area contributed by atoms with E-state index in [1.54, 1.807) is 0 Å². The molecule has 0 aliphatic rings. The quantitative estimate of drug-likeness (QED) is 0.879. The minimum atomic E-state index is -0.122. The minimum absolute atomic E-state index is 0.122. The summed E-state index contributed by atoms with van der Waals surface area (Å²) in [6.45, 7) is 6.50. The van der Waals surface area contributed by atoms with Crippen LogP contribution in [0.25, 0.3) is 11.1 Å². The third kappa shape index (κ3) is 3.64. The van der Waals surface area contributed by atoms with Crippen molar-refractivity contribution in [3.63, 3.8) is 0 Å². The molecule has 0 aromatic heterocycles. The van der Waals surface area contributed by atoms with Crippen molar-refractivity contribution in [1.82, 2.24) is 0 Å². The van der Waals surface area contributed by atoms with E-state index in [9.17, 15) is 5.11 Å². The van der Waals surface area contributed by atoms with Crippen LogP contribution in [0.4, 0.5) is 0 Å². The summed E-state index contributed by atoms with van der Waals surface area (Å²) in [4.78, 5) is 0. The van der Waals surface area contributed by atoms with Gasteiger partial charge in [0.05, 0.1) is 0 Å². The van der Waals surface area contributed by atoms with Crippen LogP contribution in [0.2, 0.25) is 0 Å². The molecule has 0 saturated heterocycles. The van der Waals surface area contributed by atoms with Gasteiger partial charge in [-0.1, -0.05) is 57.2 Å². The van der Waals surface area contributed by atoms with Crippen LogP contribution in [-0.4, -0.2) is 16.8 Å². The van der Waals surface area contributed by atoms with Crippen molar-refractivity contribution < 1.29 is 10.2 Å². The fourth-order valence-electron chi connectivity index (χ4n) is 2.53. The minimum Gasteiger partial charge on any atom is -0.507 e. The molecule has 21 heavy (non-hydrogen) atoms. The summed E-state index contributed by atoms with van der Waals surface area (Å²) in [7, 11) is 0. The van der Waals surface area contributed by atoms with Gasteiger partial charge in [-0.25, -0.2) is 0 Å². The van der Waals surface area contributed by atoms with Crippen molar-refractivity contribution in [3.05, 3.63) is 53.6 Å². The van der Waals surface area contributed by atoms with E-state index >= 15 is 0 Å². The highest BCUT2D eigenvalue weighted by Crippen LogP contribution is 2.39. The second kappa shape index (κ2) is 6.31. The number of aliphatic hydroxyl groups is 1. The Balaban J connectivity index is 2.58. The number of phenolic OH excluding ortho intramolecular Hbond substituents is 1. The summed E-state index contributed by atoms with van der Waals surface area (Å²) in [6, 6.07) is 14.1. The summed E-state index contributed by atoms with van der Waals surface area (Å²) >= 11 is 0. The Kier molecular flexibility index (Phi) is 4.69. The summed E-state index contributed by atoms with van der Waals surface area (Å²) in [6.07, 6.45) is 1.56. The number of phenols is 1. The number of hydrogen-bond acceptors (Lipinski definition) is 2. The Morgan fingerprint density at radius 2 is 1.67 bits per heavy atom. The van der Waals surface area contributed by atoms with Crippen LogP contribution in [0.5, 0.6) is 5.75 Å². The van der Waals surface area contributed by atoms with Crippen LogP contribution in [-0.2, 0) is 11.8 Å². The lowest BCUT2D eigenvalue weighted by atomic mass is 9.82. The number of benzene rings is 2. The molecule has 0 bridgehead atoms. The number of aryl methyl sites for hydroxylation is 1. The molecule has 0 radical (unpaired) electrons. The molecule has 0 fully saturated rings. The molecule has 0 aliphatic carbocycles. The standard InChI is InChI=1S/C19H24O2/c1-19(2,3)17-13-14(8-7-11-20)12-16(18(17)21)15-9-5-4-6-10-15/h4-6,9-10,12-13,20-21H,7-8,11H2,1-3H3. The lowest BCUT2D eigenvalue weighted by Crippen LogP contribution is -2.12. The number of rotatable bonds is 4. The predicted octanol–water partition coefficient (Wildman–Crippen LogP) is 4.28. The van der Waals surface area contributed by atoms with Gasteiger partial charge in [-0.2, -0.15) is 0 Å². The van der Waals surface area contributed by atoms with Crippen molar-refractivity contribution in [2.75, 3.05) is 6.61 Å². The molecule has 0 heterocycles. The van der Waals surface area contributed by atoms with Gasteiger partial charge in [-0.15, -0.1) is 0 Å². The average molecular weight is 284 g/mol. The van der Waals surface area contributed by atoms with E-state index in [0.717, 1.165) is 35.1 Å². The summed E-state index contributed by atoms with van der Waals surface area (Å²) in [5.41, 5.74) is 3.88. The molecule has 2 heteroatoms. The summed E-state index contributed by atoms with van der Waals surface area (Å²) in [5.74, 6) is 0.362. The highest BCUT2D eigenvalue weighted by atomic mass is 16.3. The Morgan fingerprint density at radius 1 is 1.00 bits per heavy atom. The molecule has 2 aromatic rings. The normalized spacial score (nSPS) is 11.6. The molecule has 112 valence electrons. The molecule has 2 N–H and O–H groups in total. The Hall–Kier alpha value is -1.80. The van der Waals surface area contributed by atoms with Crippen LogP contribution in [0.15, 0.2) is 42.5 Å². The first-order chi connectivity index (χ1) is 9.93. The molecule has 0 saturated carbocycles. The van der Waals surface area contributed by atoms with Crippen molar-refractivity contribution >= 4 is 0 Å². The maximum absolute atomic E-state index is 10.7. The van der Waals surface area contributed by atoms with Crippen molar-refractivity contribution in [2.24, 2.45) is 0 Å². The van der Waals surface area contributed by atoms with Crippen LogP contribution >= 0.6 is 0 Å². The molecule has 2 rings (SSSR count). The molecule has 0 unspecified atom stereocenters. The lowest BCUT2D eigenvalue weighted by Gasteiger charge is -2.23. The van der Waals surface area contributed by atoms with Crippen molar-refractivity contribution in [1.29, 1.82) is 0 Å². The van der Waals surface area contributed by atoms with E-state index in [1.807, 2.05) is 36.4 Å². The maximum Gasteiger partial charge on any atom is 0.127 e. The molecular formula is C19H24O2. The Bertz CT molecular complexity index is 595. The van der Waals surface area contributed by atoms with E-state index < -0.39 is 0 Å². The van der Waals surface area contributed by atoms with Gasteiger partial charge in [-0.05, 0) is 35.4 Å². The van der Waals surface area contributed by atoms with Crippen LogP contribution in [0.1, 0.15) is 38.3 Å². The van der Waals surface area contributed by atoms with Gasteiger partial charge in [0.15, 0.2) is 0 Å². The van der Waals surface area contributed by atoms with Crippen LogP contribution < -0.4 is 0 Å². The van der Waals surface area contributed by atoms with Gasteiger partial charge in [0.2, 0.25) is 0 Å². The molecule has 0 aliphatic heterocycles. The molecule has 2 aromatic carbocycles. The highest BCUT2D eigenvalue weighted by molar-refractivity contribution is 5.73. The zero-order valence-corrected chi connectivity index (χ0v) is 13.1. The van der Waals surface area contributed by atoms with Gasteiger partial charge in [-0.3, -0.25) is 0 Å². The third-order valence-corrected chi connectivity index (χ3v) is 3.69. The van der Waals surface area contributed by atoms with Gasteiger partial charge in [0.1, 0.15) is 5.75 Å². The molecule has 0 atom stereocenters. The molecule has 0 spiro atoms. The van der Waals surface area contributed by atoms with E-state index in [0.29, 0.717) is 5.75 Å². The monoisotopic (exact) mass is 284 g/mol. The lowest BCUT2D eigenvalue weighted by molar-refractivity contribution is 0.288. The smallest absolute Gasteiger partial charge is 0.127 e. The average Bonchev–Trinajstić information content (AvgIpc) is 2.46. The van der Waals surface area contributed by atoms with Gasteiger partial charge in [0, 0.05) is 17.7 Å². The zero-order valence-electron chi connectivity index (χ0n) is 13.1. The highest BCUT2D eigenvalue weighted by Gasteiger charge is 2.21. The first kappa shape index (κ1) is 15.6. The van der Waals surface area contributed by atoms with E-state index in [-0.39, 0.29) is 12.0 Å². The number of aliphatic hydroxyl groups excluding tert-OH is 1. The fraction of sp³-hybridized carbons (Fsp3) is 0.368. The summed E-state index contributed by atoms with van der Waals surface area (Å²) in [5, 5.41) is 19.7. The molecule has 0 amide bonds.